The molecule has 0 spiro atoms. The highest BCUT2D eigenvalue weighted by molar-refractivity contribution is 9.10. The molecule has 2 aromatic heterocycles. The highest BCUT2D eigenvalue weighted by Crippen LogP contribution is 2.23. The van der Waals surface area contributed by atoms with Gasteiger partial charge in [0.15, 0.2) is 0 Å². The van der Waals surface area contributed by atoms with E-state index >= 15 is 0 Å². The number of aryl methyl sites for hydroxylation is 1. The Morgan fingerprint density at radius 1 is 1.19 bits per heavy atom. The van der Waals surface area contributed by atoms with Crippen molar-refractivity contribution in [3.8, 4) is 11.1 Å². The zero-order chi connectivity index (χ0) is 19.2. The van der Waals surface area contributed by atoms with Crippen LogP contribution >= 0.6 is 15.9 Å². The van der Waals surface area contributed by atoms with E-state index in [0.717, 1.165) is 46.4 Å². The number of unbranched alkanes of at least 4 members (excludes halogenated alkanes) is 1. The first-order valence-electron chi connectivity index (χ1n) is 9.09. The highest BCUT2D eigenvalue weighted by atomic mass is 79.9. The van der Waals surface area contributed by atoms with Crippen LogP contribution in [0, 0.1) is 6.92 Å². The zero-order valence-corrected chi connectivity index (χ0v) is 17.1. The minimum atomic E-state index is -0.272. The molecule has 0 aliphatic heterocycles. The Balaban J connectivity index is 1.73. The number of anilines is 1. The van der Waals surface area contributed by atoms with Crippen LogP contribution in [-0.2, 0) is 4.79 Å². The van der Waals surface area contributed by atoms with E-state index < -0.39 is 0 Å². The summed E-state index contributed by atoms with van der Waals surface area (Å²) in [6.45, 7) is 4.10. The molecule has 0 saturated carbocycles. The van der Waals surface area contributed by atoms with E-state index in [1.165, 1.54) is 0 Å². The molecule has 6 heteroatoms. The van der Waals surface area contributed by atoms with E-state index in [2.05, 4.69) is 38.1 Å². The van der Waals surface area contributed by atoms with Gasteiger partial charge in [-0.15, -0.1) is 0 Å². The standard InChI is InChI=1S/C21H23BrN4O/c1-3-4-5-19(26-13-20(22)24-14-26)21(27)25-18-8-6-16(7-9-18)17-10-11-23-15(2)12-17/h6-14,19H,3-5H2,1-2H3,(H,25,27). The largest absolute Gasteiger partial charge is 0.324 e. The molecule has 3 aromatic rings. The van der Waals surface area contributed by atoms with Gasteiger partial charge in [0.1, 0.15) is 10.6 Å². The molecule has 1 unspecified atom stereocenters. The highest BCUT2D eigenvalue weighted by Gasteiger charge is 2.20. The van der Waals surface area contributed by atoms with Crippen LogP contribution in [0.25, 0.3) is 11.1 Å². The van der Waals surface area contributed by atoms with Gasteiger partial charge >= 0.3 is 0 Å². The van der Waals surface area contributed by atoms with Crippen molar-refractivity contribution in [3.63, 3.8) is 0 Å². The van der Waals surface area contributed by atoms with Gasteiger partial charge in [-0.25, -0.2) is 4.98 Å². The van der Waals surface area contributed by atoms with Crippen LogP contribution in [-0.4, -0.2) is 20.4 Å². The lowest BCUT2D eigenvalue weighted by molar-refractivity contribution is -0.119. The van der Waals surface area contributed by atoms with Crippen LogP contribution in [0.1, 0.15) is 37.9 Å². The summed E-state index contributed by atoms with van der Waals surface area (Å²) in [4.78, 5) is 21.3. The van der Waals surface area contributed by atoms with Crippen LogP contribution in [0.5, 0.6) is 0 Å². The lowest BCUT2D eigenvalue weighted by Gasteiger charge is -2.18. The van der Waals surface area contributed by atoms with Crippen molar-refractivity contribution in [1.29, 1.82) is 0 Å². The molecule has 140 valence electrons. The van der Waals surface area contributed by atoms with Crippen LogP contribution in [0.4, 0.5) is 5.69 Å². The molecule has 1 N–H and O–H groups in total. The average Bonchev–Trinajstić information content (AvgIpc) is 3.09. The topological polar surface area (TPSA) is 59.8 Å². The van der Waals surface area contributed by atoms with E-state index in [0.29, 0.717) is 0 Å². The molecule has 0 aliphatic rings. The van der Waals surface area contributed by atoms with Crippen LogP contribution in [0.2, 0.25) is 0 Å². The number of benzene rings is 1. The first-order valence-corrected chi connectivity index (χ1v) is 9.89. The smallest absolute Gasteiger partial charge is 0.247 e. The monoisotopic (exact) mass is 426 g/mol. The zero-order valence-electron chi connectivity index (χ0n) is 15.5. The molecule has 1 atom stereocenters. The lowest BCUT2D eigenvalue weighted by atomic mass is 10.1. The Labute approximate surface area is 168 Å². The van der Waals surface area contributed by atoms with E-state index in [-0.39, 0.29) is 11.9 Å². The molecule has 5 nitrogen and oxygen atoms in total. The summed E-state index contributed by atoms with van der Waals surface area (Å²) >= 11 is 3.35. The lowest BCUT2D eigenvalue weighted by Crippen LogP contribution is -2.25. The summed E-state index contributed by atoms with van der Waals surface area (Å²) in [6, 6.07) is 11.7. The number of imidazole rings is 1. The average molecular weight is 427 g/mol. The van der Waals surface area contributed by atoms with Gasteiger partial charge in [-0.2, -0.15) is 0 Å². The third kappa shape index (κ3) is 5.04. The Hall–Kier alpha value is -2.47. The van der Waals surface area contributed by atoms with Crippen molar-refractivity contribution in [2.45, 2.75) is 39.2 Å². The molecule has 0 fully saturated rings. The fourth-order valence-electron chi connectivity index (χ4n) is 2.99. The summed E-state index contributed by atoms with van der Waals surface area (Å²) in [5, 5.41) is 3.03. The number of halogens is 1. The maximum atomic E-state index is 12.8. The second kappa shape index (κ2) is 8.95. The van der Waals surface area contributed by atoms with Gasteiger partial charge in [-0.1, -0.05) is 31.9 Å². The van der Waals surface area contributed by atoms with E-state index in [1.54, 1.807) is 6.33 Å². The van der Waals surface area contributed by atoms with Crippen LogP contribution in [0.3, 0.4) is 0 Å². The number of carbonyl (C=O) groups is 1. The Bertz CT molecular complexity index is 905. The predicted octanol–water partition coefficient (Wildman–Crippen LogP) is 5.39. The number of nitrogens with zero attached hydrogens (tertiary/aromatic N) is 3. The minimum Gasteiger partial charge on any atom is -0.324 e. The van der Waals surface area contributed by atoms with Gasteiger partial charge in [0.25, 0.3) is 0 Å². The van der Waals surface area contributed by atoms with Crippen molar-refractivity contribution in [2.75, 3.05) is 5.32 Å². The van der Waals surface area contributed by atoms with Crippen LogP contribution < -0.4 is 5.32 Å². The van der Waals surface area contributed by atoms with Crippen molar-refractivity contribution >= 4 is 27.5 Å². The van der Waals surface area contributed by atoms with Gasteiger partial charge in [-0.3, -0.25) is 9.78 Å². The summed E-state index contributed by atoms with van der Waals surface area (Å²) in [6.07, 6.45) is 8.14. The number of amides is 1. The molecule has 0 radical (unpaired) electrons. The molecule has 27 heavy (non-hydrogen) atoms. The molecule has 0 bridgehead atoms. The predicted molar refractivity (Wildman–Crippen MR) is 112 cm³/mol. The third-order valence-corrected chi connectivity index (χ3v) is 4.86. The minimum absolute atomic E-state index is 0.0270. The Kier molecular flexibility index (Phi) is 6.40. The molecule has 0 saturated heterocycles. The fraction of sp³-hybridized carbons (Fsp3) is 0.286. The van der Waals surface area contributed by atoms with Crippen molar-refractivity contribution in [2.24, 2.45) is 0 Å². The maximum absolute atomic E-state index is 12.8. The van der Waals surface area contributed by atoms with Crippen molar-refractivity contribution in [3.05, 3.63) is 65.4 Å². The van der Waals surface area contributed by atoms with Crippen molar-refractivity contribution in [1.82, 2.24) is 14.5 Å². The summed E-state index contributed by atoms with van der Waals surface area (Å²) in [5.41, 5.74) is 3.98. The Morgan fingerprint density at radius 2 is 1.96 bits per heavy atom. The van der Waals surface area contributed by atoms with E-state index in [4.69, 9.17) is 0 Å². The fourth-order valence-corrected chi connectivity index (χ4v) is 3.32. The van der Waals surface area contributed by atoms with E-state index in [1.807, 2.05) is 60.3 Å². The molecular weight excluding hydrogens is 404 g/mol. The van der Waals surface area contributed by atoms with E-state index in [9.17, 15) is 4.79 Å². The first kappa shape index (κ1) is 19.3. The second-order valence-corrected chi connectivity index (χ2v) is 7.37. The number of hydrogen-bond donors (Lipinski definition) is 1. The molecule has 0 aliphatic carbocycles. The van der Waals surface area contributed by atoms with Gasteiger partial charge in [-0.05, 0) is 64.7 Å². The molecule has 3 rings (SSSR count). The molecule has 1 amide bonds. The number of pyridine rings is 1. The quantitative estimate of drug-likeness (QED) is 0.550. The number of aromatic nitrogens is 3. The molecular formula is C21H23BrN4O. The van der Waals surface area contributed by atoms with Crippen molar-refractivity contribution < 1.29 is 4.79 Å². The summed E-state index contributed by atoms with van der Waals surface area (Å²) < 4.78 is 2.59. The maximum Gasteiger partial charge on any atom is 0.247 e. The third-order valence-electron chi connectivity index (χ3n) is 4.45. The number of hydrogen-bond acceptors (Lipinski definition) is 3. The molecule has 1 aromatic carbocycles. The SMILES string of the molecule is CCCCC(C(=O)Nc1ccc(-c2ccnc(C)c2)cc1)n1cnc(Br)c1. The first-order chi connectivity index (χ1) is 13.1. The Morgan fingerprint density at radius 3 is 2.59 bits per heavy atom. The van der Waals surface area contributed by atoms with Crippen LogP contribution in [0.15, 0.2) is 59.7 Å². The van der Waals surface area contributed by atoms with Gasteiger partial charge in [0.05, 0.1) is 6.33 Å². The molecule has 2 heterocycles. The number of nitrogens with one attached hydrogen (secondary N) is 1. The van der Waals surface area contributed by atoms with Gasteiger partial charge in [0, 0.05) is 23.8 Å². The summed E-state index contributed by atoms with van der Waals surface area (Å²) in [7, 11) is 0. The summed E-state index contributed by atoms with van der Waals surface area (Å²) in [5.74, 6) is -0.0270. The van der Waals surface area contributed by atoms with Gasteiger partial charge < -0.3 is 9.88 Å². The number of rotatable bonds is 7. The normalized spacial score (nSPS) is 12.0. The second-order valence-electron chi connectivity index (χ2n) is 6.55. The van der Waals surface area contributed by atoms with Gasteiger partial charge in [0.2, 0.25) is 5.91 Å². The number of carbonyl (C=O) groups excluding carboxylic acids is 1.